The predicted octanol–water partition coefficient (Wildman–Crippen LogP) is 0.861. The first-order valence-corrected chi connectivity index (χ1v) is 9.81. The van der Waals surface area contributed by atoms with Crippen molar-refractivity contribution < 1.29 is 8.42 Å². The molecule has 1 atom stereocenters. The topological polar surface area (TPSA) is 74.0 Å². The van der Waals surface area contributed by atoms with E-state index in [1.165, 1.54) is 11.9 Å². The number of H-pyrrole nitrogens is 1. The van der Waals surface area contributed by atoms with E-state index < -0.39 is 10.0 Å². The highest BCUT2D eigenvalue weighted by atomic mass is 32.2. The summed E-state index contributed by atoms with van der Waals surface area (Å²) in [6, 6.07) is 1.67. The lowest BCUT2D eigenvalue weighted by Crippen LogP contribution is -2.33. The molecule has 2 heterocycles. The van der Waals surface area contributed by atoms with Crippen molar-refractivity contribution >= 4 is 33.5 Å². The van der Waals surface area contributed by atoms with Gasteiger partial charge in [-0.05, 0) is 13.1 Å². The van der Waals surface area contributed by atoms with Crippen molar-refractivity contribution in [2.75, 3.05) is 30.9 Å². The van der Waals surface area contributed by atoms with Crippen LogP contribution in [0.15, 0.2) is 17.2 Å². The lowest BCUT2D eigenvalue weighted by Gasteiger charge is -2.20. The molecule has 1 aliphatic rings. The Balaban J connectivity index is 1.92. The molecule has 0 bridgehead atoms. The molecule has 1 fully saturated rings. The quantitative estimate of drug-likeness (QED) is 0.725. The van der Waals surface area contributed by atoms with Gasteiger partial charge in [-0.1, -0.05) is 0 Å². The van der Waals surface area contributed by atoms with Gasteiger partial charge in [-0.25, -0.2) is 13.1 Å². The molecule has 1 saturated heterocycles. The highest BCUT2D eigenvalue weighted by Crippen LogP contribution is 2.23. The third-order valence-corrected chi connectivity index (χ3v) is 7.03. The number of hydrogen-bond donors (Lipinski definition) is 3. The summed E-state index contributed by atoms with van der Waals surface area (Å²) < 4.78 is 26.9. The molecule has 1 aromatic rings. The van der Waals surface area contributed by atoms with E-state index in [0.29, 0.717) is 23.2 Å². The normalized spacial score (nSPS) is 20.6. The molecule has 0 amide bonds. The van der Waals surface area contributed by atoms with E-state index in [1.54, 1.807) is 6.07 Å². The summed E-state index contributed by atoms with van der Waals surface area (Å²) in [7, 11) is -1.56. The van der Waals surface area contributed by atoms with Gasteiger partial charge in [0.1, 0.15) is 0 Å². The summed E-state index contributed by atoms with van der Waals surface area (Å²) in [4.78, 5) is 3.27. The van der Waals surface area contributed by atoms with Crippen LogP contribution < -0.4 is 10.0 Å². The van der Waals surface area contributed by atoms with Crippen molar-refractivity contribution in [2.24, 2.45) is 0 Å². The number of hydrogen-bond acceptors (Lipinski definition) is 5. The van der Waals surface area contributed by atoms with Crippen molar-refractivity contribution in [2.45, 2.75) is 16.7 Å². The molecule has 0 aromatic carbocycles. The van der Waals surface area contributed by atoms with E-state index >= 15 is 0 Å². The minimum atomic E-state index is -3.39. The Labute approximate surface area is 122 Å². The molecule has 2 rings (SSSR count). The van der Waals surface area contributed by atoms with Crippen LogP contribution in [-0.4, -0.2) is 49.5 Å². The molecule has 8 heteroatoms. The Hall–Kier alpha value is -0.150. The van der Waals surface area contributed by atoms with E-state index in [-0.39, 0.29) is 0 Å². The number of nitrogens with one attached hydrogen (secondary N) is 3. The SMILES string of the molecule is CNCc1cc(S(=O)(=O)NCC2CSCCS2)c[nH]1. The molecule has 1 aromatic heterocycles. The van der Waals surface area contributed by atoms with Crippen molar-refractivity contribution in [1.82, 2.24) is 15.0 Å². The lowest BCUT2D eigenvalue weighted by atomic mass is 10.4. The predicted molar refractivity (Wildman–Crippen MR) is 82.3 cm³/mol. The van der Waals surface area contributed by atoms with Crippen LogP contribution in [0.25, 0.3) is 0 Å². The first kappa shape index (κ1) is 15.2. The van der Waals surface area contributed by atoms with Crippen LogP contribution in [-0.2, 0) is 16.6 Å². The summed E-state index contributed by atoms with van der Waals surface area (Å²) in [6.07, 6.45) is 1.54. The number of thioether (sulfide) groups is 2. The first-order chi connectivity index (χ1) is 9.12. The second-order valence-corrected chi connectivity index (χ2v) is 8.64. The monoisotopic (exact) mass is 321 g/mol. The Morgan fingerprint density at radius 3 is 3.00 bits per heavy atom. The average molecular weight is 321 g/mol. The van der Waals surface area contributed by atoms with Crippen LogP contribution in [0.2, 0.25) is 0 Å². The van der Waals surface area contributed by atoms with Gasteiger partial charge in [-0.3, -0.25) is 0 Å². The number of sulfonamides is 1. The average Bonchev–Trinajstić information content (AvgIpc) is 2.88. The number of aromatic nitrogens is 1. The van der Waals surface area contributed by atoms with E-state index in [1.807, 2.05) is 30.6 Å². The molecule has 0 saturated carbocycles. The maximum atomic E-state index is 12.1. The zero-order valence-electron chi connectivity index (χ0n) is 10.8. The maximum Gasteiger partial charge on any atom is 0.242 e. The molecular formula is C11H19N3O2S3. The molecule has 3 N–H and O–H groups in total. The summed E-state index contributed by atoms with van der Waals surface area (Å²) in [5, 5.41) is 3.36. The molecule has 0 aliphatic carbocycles. The molecule has 1 aliphatic heterocycles. The molecule has 0 radical (unpaired) electrons. The van der Waals surface area contributed by atoms with Crippen LogP contribution in [0.3, 0.4) is 0 Å². The zero-order chi connectivity index (χ0) is 13.7. The second-order valence-electron chi connectivity index (χ2n) is 4.31. The van der Waals surface area contributed by atoms with Gasteiger partial charge >= 0.3 is 0 Å². The Bertz CT molecular complexity index is 495. The minimum absolute atomic E-state index is 0.311. The number of aromatic amines is 1. The molecule has 5 nitrogen and oxygen atoms in total. The van der Waals surface area contributed by atoms with Crippen molar-refractivity contribution in [3.8, 4) is 0 Å². The van der Waals surface area contributed by atoms with Gasteiger partial charge in [0, 0.05) is 47.5 Å². The standard InChI is InChI=1S/C11H19N3O2S3/c1-12-5-9-4-11(7-13-9)19(15,16)14-6-10-8-17-2-3-18-10/h4,7,10,12-14H,2-3,5-6,8H2,1H3. The van der Waals surface area contributed by atoms with Gasteiger partial charge in [0.25, 0.3) is 0 Å². The van der Waals surface area contributed by atoms with Crippen LogP contribution in [0.5, 0.6) is 0 Å². The van der Waals surface area contributed by atoms with Gasteiger partial charge in [0.2, 0.25) is 10.0 Å². The van der Waals surface area contributed by atoms with Crippen LogP contribution in [0.1, 0.15) is 5.69 Å². The molecule has 108 valence electrons. The molecule has 0 spiro atoms. The fourth-order valence-electron chi connectivity index (χ4n) is 1.81. The first-order valence-electron chi connectivity index (χ1n) is 6.13. The molecule has 19 heavy (non-hydrogen) atoms. The fraction of sp³-hybridized carbons (Fsp3) is 0.636. The lowest BCUT2D eigenvalue weighted by molar-refractivity contribution is 0.581. The van der Waals surface area contributed by atoms with Crippen LogP contribution >= 0.6 is 23.5 Å². The third-order valence-electron chi connectivity index (χ3n) is 2.78. The van der Waals surface area contributed by atoms with Gasteiger partial charge < -0.3 is 10.3 Å². The van der Waals surface area contributed by atoms with Crippen molar-refractivity contribution in [1.29, 1.82) is 0 Å². The van der Waals surface area contributed by atoms with Gasteiger partial charge in [0.05, 0.1) is 4.90 Å². The Morgan fingerprint density at radius 2 is 2.32 bits per heavy atom. The number of rotatable bonds is 6. The molecular weight excluding hydrogens is 302 g/mol. The maximum absolute atomic E-state index is 12.1. The Kier molecular flexibility index (Phi) is 5.64. The zero-order valence-corrected chi connectivity index (χ0v) is 13.3. The largest absolute Gasteiger partial charge is 0.363 e. The summed E-state index contributed by atoms with van der Waals surface area (Å²) in [6.45, 7) is 1.14. The third kappa shape index (κ3) is 4.42. The Morgan fingerprint density at radius 1 is 1.47 bits per heavy atom. The van der Waals surface area contributed by atoms with Crippen molar-refractivity contribution in [3.05, 3.63) is 18.0 Å². The highest BCUT2D eigenvalue weighted by Gasteiger charge is 2.20. The summed E-state index contributed by atoms with van der Waals surface area (Å²) in [5.41, 5.74) is 0.866. The van der Waals surface area contributed by atoms with Crippen LogP contribution in [0, 0.1) is 0 Å². The second kappa shape index (κ2) is 7.03. The molecule has 1 unspecified atom stereocenters. The van der Waals surface area contributed by atoms with Gasteiger partial charge in [0.15, 0.2) is 0 Å². The van der Waals surface area contributed by atoms with E-state index in [4.69, 9.17) is 0 Å². The van der Waals surface area contributed by atoms with E-state index in [0.717, 1.165) is 17.2 Å². The fourth-order valence-corrected chi connectivity index (χ4v) is 5.62. The van der Waals surface area contributed by atoms with Crippen molar-refractivity contribution in [3.63, 3.8) is 0 Å². The minimum Gasteiger partial charge on any atom is -0.363 e. The van der Waals surface area contributed by atoms with Gasteiger partial charge in [-0.15, -0.1) is 0 Å². The summed E-state index contributed by atoms with van der Waals surface area (Å²) in [5.74, 6) is 3.29. The summed E-state index contributed by atoms with van der Waals surface area (Å²) >= 11 is 3.74. The highest BCUT2D eigenvalue weighted by molar-refractivity contribution is 8.06. The smallest absolute Gasteiger partial charge is 0.242 e. The van der Waals surface area contributed by atoms with Gasteiger partial charge in [-0.2, -0.15) is 23.5 Å². The van der Waals surface area contributed by atoms with E-state index in [9.17, 15) is 8.42 Å². The van der Waals surface area contributed by atoms with E-state index in [2.05, 4.69) is 15.0 Å². The van der Waals surface area contributed by atoms with Crippen LogP contribution in [0.4, 0.5) is 0 Å².